The molecule has 2 aliphatic carbocycles. The van der Waals surface area contributed by atoms with Crippen molar-refractivity contribution >= 4 is 124 Å². The fourth-order valence-electron chi connectivity index (χ4n) is 17.8. The van der Waals surface area contributed by atoms with Gasteiger partial charge in [-0.05, 0) is 192 Å². The van der Waals surface area contributed by atoms with Gasteiger partial charge in [0.25, 0.3) is 0 Å². The maximum absolute atomic E-state index is 2.61. The van der Waals surface area contributed by atoms with Crippen LogP contribution in [-0.2, 0) is 5.41 Å². The third kappa shape index (κ3) is 7.51. The van der Waals surface area contributed by atoms with Crippen LogP contribution in [0.5, 0.6) is 0 Å². The number of para-hydroxylation sites is 4. The van der Waals surface area contributed by atoms with Crippen LogP contribution in [0.15, 0.2) is 303 Å². The molecule has 0 N–H and O–H groups in total. The van der Waals surface area contributed by atoms with Gasteiger partial charge in [-0.2, -0.15) is 0 Å². The Morgan fingerprint density at radius 2 is 0.589 bits per heavy atom. The molecule has 95 heavy (non-hydrogen) atoms. The van der Waals surface area contributed by atoms with Crippen LogP contribution >= 0.6 is 0 Å². The molecule has 4 aliphatic rings. The van der Waals surface area contributed by atoms with E-state index in [0.717, 1.165) is 22.7 Å². The molecule has 0 radical (unpaired) electrons. The van der Waals surface area contributed by atoms with Crippen molar-refractivity contribution in [2.24, 2.45) is 0 Å². The number of benzene rings is 14. The molecule has 1 spiro atoms. The first-order valence-corrected chi connectivity index (χ1v) is 33.5. The van der Waals surface area contributed by atoms with Gasteiger partial charge in [-0.1, -0.05) is 227 Å². The number of rotatable bonds is 6. The molecule has 0 unspecified atom stereocenters. The van der Waals surface area contributed by atoms with Gasteiger partial charge in [0, 0.05) is 78.2 Å². The number of aryl methyl sites for hydroxylation is 4. The Balaban J connectivity index is 0.966. The van der Waals surface area contributed by atoms with Gasteiger partial charge in [0.2, 0.25) is 13.4 Å². The molecule has 0 bridgehead atoms. The largest absolute Gasteiger partial charge is 0.311 e. The number of fused-ring (bicyclic) bond motifs is 22. The zero-order chi connectivity index (χ0) is 62.9. The maximum atomic E-state index is 2.61. The second kappa shape index (κ2) is 20.2. The first-order valence-electron chi connectivity index (χ1n) is 33.5. The van der Waals surface area contributed by atoms with Gasteiger partial charge in [0.15, 0.2) is 0 Å². The molecule has 444 valence electrons. The standard InChI is InChI=1S/C89H62B2N4/c1-55-33-45-79-65(49-55)66-50-56(2)34-46-80(66)92(79)63-37-39-71-69(53-63)85-73(41-43-77-87(85)94(61-25-13-7-14-26-61)83-31-19-17-29-75(83)90(77)59-21-9-5-10-22-59)89(71)72-40-38-64(93-81-47-35-57(3)51-67(81)68-52-58(4)36-48-82(68)93)54-70(72)86-74(89)42-44-78-88(86)95(62-27-15-8-16-28-62)84-32-20-18-30-76(84)91(78)60-23-11-6-12-24-60/h5-54H,1-4H3. The highest BCUT2D eigenvalue weighted by atomic mass is 15.2. The molecule has 0 atom stereocenters. The fraction of sp³-hybridized carbons (Fsp3) is 0.0562. The third-order valence-corrected chi connectivity index (χ3v) is 21.6. The van der Waals surface area contributed by atoms with Crippen LogP contribution in [-0.4, -0.2) is 22.6 Å². The number of hydrogen-bond donors (Lipinski definition) is 0. The summed E-state index contributed by atoms with van der Waals surface area (Å²) in [4.78, 5) is 5.22. The van der Waals surface area contributed by atoms with E-state index >= 15 is 0 Å². The minimum absolute atomic E-state index is 0.0504. The van der Waals surface area contributed by atoms with Gasteiger partial charge in [-0.3, -0.25) is 0 Å². The second-order valence-electron chi connectivity index (χ2n) is 27.0. The summed E-state index contributed by atoms with van der Waals surface area (Å²) in [7, 11) is 0. The van der Waals surface area contributed by atoms with E-state index in [1.165, 1.54) is 166 Å². The van der Waals surface area contributed by atoms with E-state index in [2.05, 4.69) is 350 Å². The molecule has 2 aliphatic heterocycles. The quantitative estimate of drug-likeness (QED) is 0.154. The van der Waals surface area contributed by atoms with Crippen molar-refractivity contribution < 1.29 is 0 Å². The molecule has 0 amide bonds. The SMILES string of the molecule is Cc1ccc2c(c1)c1cc(C)ccc1n2-c1ccc2c(c1)-c1c(ccc3c1N(c1ccccc1)c1ccccc1B3c1ccccc1)C21c2ccc(-n3c4ccc(C)cc4c4cc(C)ccc43)cc2-c2c1ccc1c2N(c2ccccc2)c2ccccc2B1c1ccccc1. The molecule has 16 aromatic rings. The predicted molar refractivity (Wildman–Crippen MR) is 402 cm³/mol. The van der Waals surface area contributed by atoms with Crippen molar-refractivity contribution in [1.29, 1.82) is 0 Å². The molecule has 14 aromatic carbocycles. The summed E-state index contributed by atoms with van der Waals surface area (Å²) in [6.07, 6.45) is 0. The summed E-state index contributed by atoms with van der Waals surface area (Å²) >= 11 is 0. The summed E-state index contributed by atoms with van der Waals surface area (Å²) in [6, 6.07) is 116. The monoisotopic (exact) mass is 1210 g/mol. The zero-order valence-corrected chi connectivity index (χ0v) is 53.3. The highest BCUT2D eigenvalue weighted by Gasteiger charge is 2.56. The first-order chi connectivity index (χ1) is 46.8. The lowest BCUT2D eigenvalue weighted by Crippen LogP contribution is -2.57. The molecule has 4 heterocycles. The zero-order valence-electron chi connectivity index (χ0n) is 53.3. The fourth-order valence-corrected chi connectivity index (χ4v) is 17.8. The normalized spacial score (nSPS) is 13.7. The van der Waals surface area contributed by atoms with Gasteiger partial charge in [0.1, 0.15) is 0 Å². The molecule has 4 nitrogen and oxygen atoms in total. The number of nitrogens with zero attached hydrogens (tertiary/aromatic N) is 4. The molecule has 0 saturated heterocycles. The topological polar surface area (TPSA) is 16.3 Å². The molecule has 6 heteroatoms. The number of hydrogen-bond acceptors (Lipinski definition) is 2. The molecular formula is C89H62B2N4. The van der Waals surface area contributed by atoms with Crippen LogP contribution in [0.4, 0.5) is 34.1 Å². The van der Waals surface area contributed by atoms with E-state index in [1.54, 1.807) is 0 Å². The van der Waals surface area contributed by atoms with Crippen LogP contribution in [0, 0.1) is 27.7 Å². The summed E-state index contributed by atoms with van der Waals surface area (Å²) in [5.74, 6) is 0. The minimum atomic E-state index is -0.816. The van der Waals surface area contributed by atoms with Crippen molar-refractivity contribution in [1.82, 2.24) is 9.13 Å². The van der Waals surface area contributed by atoms with Gasteiger partial charge >= 0.3 is 0 Å². The molecule has 0 fully saturated rings. The van der Waals surface area contributed by atoms with E-state index in [0.29, 0.717) is 0 Å². The Bertz CT molecular complexity index is 5440. The van der Waals surface area contributed by atoms with Crippen molar-refractivity contribution in [3.63, 3.8) is 0 Å². The van der Waals surface area contributed by atoms with E-state index in [1.807, 2.05) is 0 Å². The van der Waals surface area contributed by atoms with Crippen molar-refractivity contribution in [2.75, 3.05) is 9.80 Å². The van der Waals surface area contributed by atoms with Gasteiger partial charge in [-0.25, -0.2) is 0 Å². The molecule has 0 saturated carbocycles. The lowest BCUT2D eigenvalue weighted by molar-refractivity contribution is 0.793. The van der Waals surface area contributed by atoms with Gasteiger partial charge < -0.3 is 18.9 Å². The van der Waals surface area contributed by atoms with Crippen LogP contribution < -0.4 is 42.6 Å². The Morgan fingerprint density at radius 3 is 0.958 bits per heavy atom. The average Bonchev–Trinajstić information content (AvgIpc) is 1.49. The second-order valence-corrected chi connectivity index (χ2v) is 27.0. The summed E-state index contributed by atoms with van der Waals surface area (Å²) in [5, 5.41) is 5.06. The van der Waals surface area contributed by atoms with Crippen molar-refractivity contribution in [2.45, 2.75) is 33.1 Å². The third-order valence-electron chi connectivity index (χ3n) is 21.6. The lowest BCUT2D eigenvalue weighted by atomic mass is 9.35. The summed E-state index contributed by atoms with van der Waals surface area (Å²) < 4.78 is 5.07. The molecule has 20 rings (SSSR count). The lowest BCUT2D eigenvalue weighted by Gasteiger charge is -2.40. The first kappa shape index (κ1) is 54.0. The van der Waals surface area contributed by atoms with Gasteiger partial charge in [0.05, 0.1) is 27.5 Å². The smallest absolute Gasteiger partial charge is 0.246 e. The Kier molecular flexibility index (Phi) is 11.5. The summed E-state index contributed by atoms with van der Waals surface area (Å²) in [5.41, 5.74) is 36.1. The Labute approximate surface area is 554 Å². The Hall–Kier alpha value is -11.6. The van der Waals surface area contributed by atoms with Crippen LogP contribution in [0.2, 0.25) is 0 Å². The number of aromatic nitrogens is 2. The predicted octanol–water partition coefficient (Wildman–Crippen LogP) is 18.1. The maximum Gasteiger partial charge on any atom is 0.246 e. The van der Waals surface area contributed by atoms with E-state index in [4.69, 9.17) is 0 Å². The van der Waals surface area contributed by atoms with Crippen molar-refractivity contribution in [3.8, 4) is 33.6 Å². The van der Waals surface area contributed by atoms with E-state index in [-0.39, 0.29) is 13.4 Å². The van der Waals surface area contributed by atoms with E-state index < -0.39 is 5.41 Å². The highest BCUT2D eigenvalue weighted by molar-refractivity contribution is 6.98. The average molecular weight is 1210 g/mol. The van der Waals surface area contributed by atoms with Crippen LogP contribution in [0.1, 0.15) is 44.5 Å². The minimum Gasteiger partial charge on any atom is -0.311 e. The van der Waals surface area contributed by atoms with Gasteiger partial charge in [-0.15, -0.1) is 0 Å². The van der Waals surface area contributed by atoms with Crippen LogP contribution in [0.3, 0.4) is 0 Å². The van der Waals surface area contributed by atoms with E-state index in [9.17, 15) is 0 Å². The number of anilines is 6. The molecule has 2 aromatic heterocycles. The summed E-state index contributed by atoms with van der Waals surface area (Å²) in [6.45, 7) is 8.77. The van der Waals surface area contributed by atoms with Crippen molar-refractivity contribution in [3.05, 3.63) is 348 Å². The van der Waals surface area contributed by atoms with Crippen LogP contribution in [0.25, 0.3) is 77.2 Å². The highest BCUT2D eigenvalue weighted by Crippen LogP contribution is 2.67. The molecular weight excluding hydrogens is 1150 g/mol. The Morgan fingerprint density at radius 1 is 0.263 bits per heavy atom.